The van der Waals surface area contributed by atoms with Crippen LogP contribution in [0.15, 0.2) is 23.2 Å². The molecule has 1 aromatic heterocycles. The van der Waals surface area contributed by atoms with E-state index in [1.54, 1.807) is 13.0 Å². The second-order valence-electron chi connectivity index (χ2n) is 8.02. The van der Waals surface area contributed by atoms with Crippen molar-refractivity contribution in [1.29, 1.82) is 0 Å². The van der Waals surface area contributed by atoms with Gasteiger partial charge in [-0.15, -0.1) is 11.3 Å². The highest BCUT2D eigenvalue weighted by Crippen LogP contribution is 2.49. The maximum absolute atomic E-state index is 13.3. The van der Waals surface area contributed by atoms with Crippen molar-refractivity contribution in [1.82, 2.24) is 0 Å². The molecule has 164 valence electrons. The van der Waals surface area contributed by atoms with Crippen LogP contribution in [0.5, 0.6) is 0 Å². The third-order valence-corrected chi connectivity index (χ3v) is 10.2. The molecule has 1 atom stereocenters. The average Bonchev–Trinajstić information content (AvgIpc) is 2.98. The van der Waals surface area contributed by atoms with Gasteiger partial charge in [-0.1, -0.05) is 23.4 Å². The van der Waals surface area contributed by atoms with Crippen molar-refractivity contribution < 1.29 is 21.6 Å². The highest BCUT2D eigenvalue weighted by molar-refractivity contribution is 7.93. The molecule has 2 aliphatic rings. The molecular formula is C21H18ClF3N2O2S2. The molecule has 4 rings (SSSR count). The van der Waals surface area contributed by atoms with Crippen molar-refractivity contribution in [2.75, 3.05) is 5.75 Å². The summed E-state index contributed by atoms with van der Waals surface area (Å²) < 4.78 is 64.6. The lowest BCUT2D eigenvalue weighted by molar-refractivity contribution is 0.393. The molecule has 1 saturated carbocycles. The quantitative estimate of drug-likeness (QED) is 0.507. The van der Waals surface area contributed by atoms with Gasteiger partial charge in [-0.05, 0) is 49.9 Å². The minimum atomic E-state index is -3.51. The summed E-state index contributed by atoms with van der Waals surface area (Å²) in [6.45, 7) is 1.68. The molecule has 0 radical (unpaired) electrons. The summed E-state index contributed by atoms with van der Waals surface area (Å²) in [5, 5.41) is 0.326. The molecule has 2 N–H and O–H groups in total. The van der Waals surface area contributed by atoms with E-state index in [1.165, 1.54) is 11.3 Å². The third kappa shape index (κ3) is 3.65. The van der Waals surface area contributed by atoms with Gasteiger partial charge in [0.1, 0.15) is 16.1 Å². The molecule has 2 heterocycles. The van der Waals surface area contributed by atoms with Crippen molar-refractivity contribution in [3.63, 3.8) is 0 Å². The van der Waals surface area contributed by atoms with Gasteiger partial charge in [0.25, 0.3) is 0 Å². The summed E-state index contributed by atoms with van der Waals surface area (Å²) in [5.41, 5.74) is 5.19. The number of hydrogen-bond acceptors (Lipinski definition) is 5. The van der Waals surface area contributed by atoms with Crippen LogP contribution in [0.3, 0.4) is 0 Å². The fourth-order valence-corrected chi connectivity index (χ4v) is 8.09. The normalized spacial score (nSPS) is 23.6. The number of hydrogen-bond donors (Lipinski definition) is 1. The lowest BCUT2D eigenvalue weighted by atomic mass is 9.82. The maximum atomic E-state index is 13.3. The van der Waals surface area contributed by atoms with Gasteiger partial charge < -0.3 is 5.73 Å². The van der Waals surface area contributed by atoms with Crippen molar-refractivity contribution in [3.8, 4) is 11.8 Å². The van der Waals surface area contributed by atoms with Crippen LogP contribution in [0.4, 0.5) is 13.2 Å². The van der Waals surface area contributed by atoms with Gasteiger partial charge in [0.05, 0.1) is 20.5 Å². The van der Waals surface area contributed by atoms with E-state index in [9.17, 15) is 21.6 Å². The molecule has 0 bridgehead atoms. The van der Waals surface area contributed by atoms with Gasteiger partial charge in [0, 0.05) is 6.42 Å². The fourth-order valence-electron chi connectivity index (χ4n) is 3.99. The zero-order chi connectivity index (χ0) is 22.6. The summed E-state index contributed by atoms with van der Waals surface area (Å²) in [7, 11) is -3.51. The Morgan fingerprint density at radius 3 is 2.42 bits per heavy atom. The van der Waals surface area contributed by atoms with Gasteiger partial charge >= 0.3 is 0 Å². The molecule has 0 saturated heterocycles. The smallest absolute Gasteiger partial charge is 0.194 e. The molecular weight excluding hydrogens is 469 g/mol. The summed E-state index contributed by atoms with van der Waals surface area (Å²) >= 11 is 7.58. The molecule has 0 unspecified atom stereocenters. The highest BCUT2D eigenvalue weighted by Gasteiger charge is 2.58. The zero-order valence-corrected chi connectivity index (χ0v) is 18.8. The fraction of sp³-hybridized carbons (Fsp3) is 0.381. The Bertz CT molecular complexity index is 1250. The van der Waals surface area contributed by atoms with Crippen LogP contribution >= 0.6 is 22.9 Å². The van der Waals surface area contributed by atoms with Crippen LogP contribution in [-0.2, 0) is 21.8 Å². The summed E-state index contributed by atoms with van der Waals surface area (Å²) in [5.74, 6) is 1.49. The first-order valence-electron chi connectivity index (χ1n) is 9.48. The topological polar surface area (TPSA) is 72.5 Å². The van der Waals surface area contributed by atoms with E-state index in [0.717, 1.165) is 18.6 Å². The Morgan fingerprint density at radius 2 is 1.87 bits per heavy atom. The first-order chi connectivity index (χ1) is 14.5. The van der Waals surface area contributed by atoms with Crippen molar-refractivity contribution in [2.45, 2.75) is 42.9 Å². The lowest BCUT2D eigenvalue weighted by Crippen LogP contribution is -2.61. The van der Waals surface area contributed by atoms with Crippen LogP contribution in [0.25, 0.3) is 0 Å². The van der Waals surface area contributed by atoms with E-state index in [0.29, 0.717) is 27.6 Å². The number of halogens is 4. The van der Waals surface area contributed by atoms with Crippen LogP contribution in [-0.4, -0.2) is 24.8 Å². The predicted molar refractivity (Wildman–Crippen MR) is 116 cm³/mol. The molecule has 2 aromatic rings. The van der Waals surface area contributed by atoms with Crippen molar-refractivity contribution >= 4 is 38.6 Å². The SMILES string of the molecule is C[C@@]1(c2sc(C#CCc3cc(F)c(F)c(F)c3)cc2Cl)CS(=O)(=O)C2(CCC2)C(N)=N1. The standard InChI is InChI=1S/C21H18ClF3N2O2S2/c1-20(11-31(28,29)21(6-3-7-21)19(26)27-20)18-14(22)10-13(30-18)5-2-4-12-8-15(23)17(25)16(24)9-12/h8-10H,3-4,6-7,11H2,1H3,(H2,26,27)/t20-/m0/s1. The number of sulfone groups is 1. The van der Waals surface area contributed by atoms with E-state index in [-0.39, 0.29) is 23.6 Å². The first kappa shape index (κ1) is 22.2. The first-order valence-corrected chi connectivity index (χ1v) is 12.3. The number of rotatable bonds is 2. The molecule has 1 spiro atoms. The number of thiophene rings is 1. The number of benzene rings is 1. The third-order valence-electron chi connectivity index (χ3n) is 5.79. The minimum absolute atomic E-state index is 0.00175. The second-order valence-corrected chi connectivity index (χ2v) is 11.8. The van der Waals surface area contributed by atoms with Gasteiger partial charge in [-0.25, -0.2) is 21.6 Å². The average molecular weight is 487 g/mol. The van der Waals surface area contributed by atoms with Crippen molar-refractivity contribution in [2.24, 2.45) is 10.7 Å². The molecule has 1 aromatic carbocycles. The molecule has 1 aliphatic heterocycles. The molecule has 4 nitrogen and oxygen atoms in total. The predicted octanol–water partition coefficient (Wildman–Crippen LogP) is 4.34. The van der Waals surface area contributed by atoms with E-state index in [1.807, 2.05) is 0 Å². The van der Waals surface area contributed by atoms with E-state index in [2.05, 4.69) is 16.8 Å². The van der Waals surface area contributed by atoms with Gasteiger partial charge in [-0.3, -0.25) is 4.99 Å². The summed E-state index contributed by atoms with van der Waals surface area (Å²) in [6, 6.07) is 3.38. The Labute approximate surface area is 187 Å². The van der Waals surface area contributed by atoms with E-state index >= 15 is 0 Å². The summed E-state index contributed by atoms with van der Waals surface area (Å²) in [4.78, 5) is 5.64. The van der Waals surface area contributed by atoms with Crippen LogP contribution in [0.2, 0.25) is 5.02 Å². The number of nitrogens with zero attached hydrogens (tertiary/aromatic N) is 1. The Kier molecular flexibility index (Phi) is 5.39. The Balaban J connectivity index is 1.61. The van der Waals surface area contributed by atoms with Crippen LogP contribution in [0, 0.1) is 29.3 Å². The van der Waals surface area contributed by atoms with E-state index < -0.39 is 37.6 Å². The van der Waals surface area contributed by atoms with E-state index in [4.69, 9.17) is 17.3 Å². The van der Waals surface area contributed by atoms with Crippen LogP contribution < -0.4 is 5.73 Å². The van der Waals surface area contributed by atoms with Gasteiger partial charge in [0.15, 0.2) is 27.3 Å². The molecule has 1 aliphatic carbocycles. The molecule has 0 amide bonds. The molecule has 31 heavy (non-hydrogen) atoms. The Morgan fingerprint density at radius 1 is 1.23 bits per heavy atom. The monoisotopic (exact) mass is 486 g/mol. The largest absolute Gasteiger partial charge is 0.386 e. The maximum Gasteiger partial charge on any atom is 0.194 e. The summed E-state index contributed by atoms with van der Waals surface area (Å²) in [6.07, 6.45) is 1.77. The highest BCUT2D eigenvalue weighted by atomic mass is 35.5. The second kappa shape index (κ2) is 7.54. The van der Waals surface area contributed by atoms with Gasteiger partial charge in [-0.2, -0.15) is 0 Å². The number of nitrogens with two attached hydrogens (primary N) is 1. The molecule has 10 heteroatoms. The molecule has 1 fully saturated rings. The van der Waals surface area contributed by atoms with Crippen molar-refractivity contribution in [3.05, 3.63) is 56.0 Å². The Hall–Kier alpha value is -2.02. The minimum Gasteiger partial charge on any atom is -0.386 e. The number of aliphatic imine (C=N–C) groups is 1. The lowest BCUT2D eigenvalue weighted by Gasteiger charge is -2.46. The van der Waals surface area contributed by atoms with Gasteiger partial charge in [0.2, 0.25) is 0 Å². The zero-order valence-electron chi connectivity index (χ0n) is 16.4. The van der Waals surface area contributed by atoms with Crippen LogP contribution in [0.1, 0.15) is 41.5 Å². The number of amidine groups is 1.